The number of ether oxygens (including phenoxy) is 1. The van der Waals surface area contributed by atoms with Gasteiger partial charge in [0, 0.05) is 12.0 Å². The number of alkyl halides is 1. The zero-order valence-corrected chi connectivity index (χ0v) is 8.81. The first kappa shape index (κ1) is 10.3. The molecule has 1 aliphatic rings. The van der Waals surface area contributed by atoms with Gasteiger partial charge in [0.15, 0.2) is 0 Å². The molecule has 2 heteroatoms. The van der Waals surface area contributed by atoms with E-state index in [0.29, 0.717) is 11.3 Å². The summed E-state index contributed by atoms with van der Waals surface area (Å²) < 4.78 is 5.41. The van der Waals surface area contributed by atoms with Gasteiger partial charge in [0.1, 0.15) is 0 Å². The Morgan fingerprint density at radius 2 is 2.33 bits per heavy atom. The van der Waals surface area contributed by atoms with Gasteiger partial charge in [-0.3, -0.25) is 0 Å². The Morgan fingerprint density at radius 3 is 2.92 bits per heavy atom. The Labute approximate surface area is 80.4 Å². The average molecular weight is 191 g/mol. The second-order valence-corrected chi connectivity index (χ2v) is 4.45. The summed E-state index contributed by atoms with van der Waals surface area (Å²) in [6.45, 7) is 6.25. The molecular formula is C10H19ClO. The minimum Gasteiger partial charge on any atom is -0.381 e. The molecule has 0 bridgehead atoms. The normalized spacial score (nSPS) is 33.2. The zero-order chi connectivity index (χ0) is 8.97. The van der Waals surface area contributed by atoms with Crippen LogP contribution in [0.15, 0.2) is 0 Å². The molecule has 0 aromatic heterocycles. The molecule has 1 heterocycles. The maximum atomic E-state index is 6.20. The number of rotatable bonds is 3. The molecule has 1 aliphatic heterocycles. The predicted molar refractivity (Wildman–Crippen MR) is 52.6 cm³/mol. The molecule has 0 N–H and O–H groups in total. The van der Waals surface area contributed by atoms with Crippen LogP contribution in [0.4, 0.5) is 0 Å². The first-order valence-corrected chi connectivity index (χ1v) is 5.39. The third-order valence-corrected chi connectivity index (χ3v) is 3.36. The summed E-state index contributed by atoms with van der Waals surface area (Å²) in [6, 6.07) is 0. The van der Waals surface area contributed by atoms with Crippen LogP contribution in [0.2, 0.25) is 0 Å². The van der Waals surface area contributed by atoms with E-state index in [1.54, 1.807) is 0 Å². The Balaban J connectivity index is 2.28. The molecule has 0 saturated carbocycles. The SMILES string of the molecule is CCC(C)CC1COCCC1Cl. The lowest BCUT2D eigenvalue weighted by molar-refractivity contribution is 0.0487. The minimum absolute atomic E-state index is 0.354. The van der Waals surface area contributed by atoms with E-state index in [4.69, 9.17) is 16.3 Å². The summed E-state index contributed by atoms with van der Waals surface area (Å²) in [4.78, 5) is 0. The molecular weight excluding hydrogens is 172 g/mol. The molecule has 0 spiro atoms. The Hall–Kier alpha value is 0.250. The second-order valence-electron chi connectivity index (χ2n) is 3.89. The van der Waals surface area contributed by atoms with Gasteiger partial charge < -0.3 is 4.74 Å². The maximum absolute atomic E-state index is 6.20. The number of hydrogen-bond acceptors (Lipinski definition) is 1. The first-order chi connectivity index (χ1) is 5.74. The standard InChI is InChI=1S/C10H19ClO/c1-3-8(2)6-9-7-12-5-4-10(9)11/h8-10H,3-7H2,1-2H3. The first-order valence-electron chi connectivity index (χ1n) is 4.95. The highest BCUT2D eigenvalue weighted by atomic mass is 35.5. The molecule has 1 fully saturated rings. The predicted octanol–water partition coefficient (Wildman–Crippen LogP) is 3.07. The second kappa shape index (κ2) is 5.08. The Morgan fingerprint density at radius 1 is 1.58 bits per heavy atom. The Kier molecular flexibility index (Phi) is 4.38. The molecule has 3 atom stereocenters. The zero-order valence-electron chi connectivity index (χ0n) is 8.05. The van der Waals surface area contributed by atoms with Crippen molar-refractivity contribution in [2.75, 3.05) is 13.2 Å². The van der Waals surface area contributed by atoms with Gasteiger partial charge in [-0.15, -0.1) is 11.6 Å². The average Bonchev–Trinajstić information content (AvgIpc) is 2.09. The van der Waals surface area contributed by atoms with Crippen LogP contribution in [0.25, 0.3) is 0 Å². The summed E-state index contributed by atoms with van der Waals surface area (Å²) in [5.74, 6) is 1.38. The van der Waals surface area contributed by atoms with Gasteiger partial charge in [-0.05, 0) is 24.7 Å². The maximum Gasteiger partial charge on any atom is 0.0508 e. The molecule has 0 aliphatic carbocycles. The third-order valence-electron chi connectivity index (χ3n) is 2.78. The molecule has 1 nitrogen and oxygen atoms in total. The number of halogens is 1. The smallest absolute Gasteiger partial charge is 0.0508 e. The van der Waals surface area contributed by atoms with Crippen molar-refractivity contribution in [2.45, 2.75) is 38.5 Å². The van der Waals surface area contributed by atoms with E-state index < -0.39 is 0 Å². The van der Waals surface area contributed by atoms with Crippen LogP contribution in [0.3, 0.4) is 0 Å². The van der Waals surface area contributed by atoms with Gasteiger partial charge >= 0.3 is 0 Å². The highest BCUT2D eigenvalue weighted by molar-refractivity contribution is 6.20. The van der Waals surface area contributed by atoms with Crippen molar-refractivity contribution in [3.63, 3.8) is 0 Å². The van der Waals surface area contributed by atoms with Crippen LogP contribution in [0, 0.1) is 11.8 Å². The molecule has 1 saturated heterocycles. The van der Waals surface area contributed by atoms with Crippen LogP contribution < -0.4 is 0 Å². The van der Waals surface area contributed by atoms with E-state index in [1.165, 1.54) is 12.8 Å². The largest absolute Gasteiger partial charge is 0.381 e. The van der Waals surface area contributed by atoms with Crippen molar-refractivity contribution in [1.29, 1.82) is 0 Å². The van der Waals surface area contributed by atoms with Crippen molar-refractivity contribution in [1.82, 2.24) is 0 Å². The van der Waals surface area contributed by atoms with Crippen molar-refractivity contribution in [3.8, 4) is 0 Å². The summed E-state index contributed by atoms with van der Waals surface area (Å²) in [7, 11) is 0. The van der Waals surface area contributed by atoms with Gasteiger partial charge in [-0.1, -0.05) is 20.3 Å². The molecule has 12 heavy (non-hydrogen) atoms. The van der Waals surface area contributed by atoms with Crippen molar-refractivity contribution in [2.24, 2.45) is 11.8 Å². The molecule has 1 rings (SSSR count). The highest BCUT2D eigenvalue weighted by Gasteiger charge is 2.24. The van der Waals surface area contributed by atoms with Gasteiger partial charge in [0.05, 0.1) is 6.61 Å². The topological polar surface area (TPSA) is 9.23 Å². The van der Waals surface area contributed by atoms with E-state index in [-0.39, 0.29) is 0 Å². The van der Waals surface area contributed by atoms with Crippen LogP contribution in [-0.4, -0.2) is 18.6 Å². The summed E-state index contributed by atoms with van der Waals surface area (Å²) in [5, 5.41) is 0.354. The van der Waals surface area contributed by atoms with Gasteiger partial charge in [-0.25, -0.2) is 0 Å². The van der Waals surface area contributed by atoms with E-state index in [1.807, 2.05) is 0 Å². The Bertz CT molecular complexity index is 127. The minimum atomic E-state index is 0.354. The molecule has 0 radical (unpaired) electrons. The lowest BCUT2D eigenvalue weighted by Crippen LogP contribution is -2.29. The van der Waals surface area contributed by atoms with E-state index in [9.17, 15) is 0 Å². The molecule has 0 aromatic rings. The fourth-order valence-corrected chi connectivity index (χ4v) is 1.93. The fraction of sp³-hybridized carbons (Fsp3) is 1.00. The molecule has 0 amide bonds. The van der Waals surface area contributed by atoms with Crippen LogP contribution in [0.1, 0.15) is 33.1 Å². The lowest BCUT2D eigenvalue weighted by atomic mass is 9.90. The summed E-state index contributed by atoms with van der Waals surface area (Å²) in [6.07, 6.45) is 3.51. The monoisotopic (exact) mass is 190 g/mol. The molecule has 3 unspecified atom stereocenters. The summed E-state index contributed by atoms with van der Waals surface area (Å²) >= 11 is 6.20. The van der Waals surface area contributed by atoms with E-state index in [0.717, 1.165) is 25.6 Å². The van der Waals surface area contributed by atoms with Gasteiger partial charge in [0.25, 0.3) is 0 Å². The highest BCUT2D eigenvalue weighted by Crippen LogP contribution is 2.27. The lowest BCUT2D eigenvalue weighted by Gasteiger charge is -2.28. The van der Waals surface area contributed by atoms with Gasteiger partial charge in [0.2, 0.25) is 0 Å². The van der Waals surface area contributed by atoms with E-state index in [2.05, 4.69) is 13.8 Å². The molecule has 72 valence electrons. The fourth-order valence-electron chi connectivity index (χ4n) is 1.67. The number of hydrogen-bond donors (Lipinski definition) is 0. The van der Waals surface area contributed by atoms with Crippen molar-refractivity contribution >= 4 is 11.6 Å². The van der Waals surface area contributed by atoms with Crippen molar-refractivity contribution < 1.29 is 4.74 Å². The summed E-state index contributed by atoms with van der Waals surface area (Å²) in [5.41, 5.74) is 0. The van der Waals surface area contributed by atoms with Crippen LogP contribution >= 0.6 is 11.6 Å². The van der Waals surface area contributed by atoms with Gasteiger partial charge in [-0.2, -0.15) is 0 Å². The van der Waals surface area contributed by atoms with Crippen LogP contribution in [-0.2, 0) is 4.74 Å². The van der Waals surface area contributed by atoms with Crippen molar-refractivity contribution in [3.05, 3.63) is 0 Å². The quantitative estimate of drug-likeness (QED) is 0.622. The molecule has 0 aromatic carbocycles. The van der Waals surface area contributed by atoms with E-state index >= 15 is 0 Å². The van der Waals surface area contributed by atoms with Crippen LogP contribution in [0.5, 0.6) is 0 Å². The third kappa shape index (κ3) is 2.95.